The Bertz CT molecular complexity index is 1290. The molecule has 4 nitrogen and oxygen atoms in total. The lowest BCUT2D eigenvalue weighted by Crippen LogP contribution is -2.30. The van der Waals surface area contributed by atoms with Crippen molar-refractivity contribution in [2.45, 2.75) is 19.3 Å². The molecule has 1 N–H and O–H groups in total. The van der Waals surface area contributed by atoms with Crippen LogP contribution in [0.5, 0.6) is 0 Å². The Morgan fingerprint density at radius 3 is 2.34 bits per heavy atom. The molecule has 0 fully saturated rings. The summed E-state index contributed by atoms with van der Waals surface area (Å²) in [7, 11) is 0. The molecular weight excluding hydrogens is 394 g/mol. The van der Waals surface area contributed by atoms with Crippen LogP contribution in [0, 0.1) is 0 Å². The second-order valence-electron chi connectivity index (χ2n) is 8.33. The summed E-state index contributed by atoms with van der Waals surface area (Å²) in [6, 6.07) is 26.6. The van der Waals surface area contributed by atoms with Crippen LogP contribution in [0.15, 0.2) is 89.7 Å². The monoisotopic (exact) mass is 421 g/mol. The Kier molecular flexibility index (Phi) is 5.95. The minimum Gasteiger partial charge on any atom is -0.310 e. The van der Waals surface area contributed by atoms with Gasteiger partial charge in [0.2, 0.25) is 0 Å². The number of hydrogen-bond donors (Lipinski definition) is 1. The number of aromatic amines is 1. The van der Waals surface area contributed by atoms with Crippen molar-refractivity contribution in [1.29, 1.82) is 0 Å². The summed E-state index contributed by atoms with van der Waals surface area (Å²) in [5, 5.41) is 0.643. The van der Waals surface area contributed by atoms with E-state index in [1.807, 2.05) is 36.4 Å². The summed E-state index contributed by atoms with van der Waals surface area (Å²) in [5.41, 5.74) is 5.58. The van der Waals surface area contributed by atoms with Crippen molar-refractivity contribution in [3.63, 3.8) is 0 Å². The first-order valence-electron chi connectivity index (χ1n) is 11.3. The maximum absolute atomic E-state index is 12.7. The maximum atomic E-state index is 12.7. The molecule has 5 rings (SSSR count). The Labute approximate surface area is 188 Å². The molecule has 0 spiro atoms. The van der Waals surface area contributed by atoms with Gasteiger partial charge in [0.1, 0.15) is 5.82 Å². The van der Waals surface area contributed by atoms with Crippen LogP contribution >= 0.6 is 0 Å². The number of benzene rings is 3. The molecule has 1 aromatic heterocycles. The number of fused-ring (bicyclic) bond motifs is 1. The highest BCUT2D eigenvalue weighted by molar-refractivity contribution is 5.93. The Morgan fingerprint density at radius 1 is 0.875 bits per heavy atom. The fourth-order valence-electron chi connectivity index (χ4n) is 4.48. The zero-order valence-corrected chi connectivity index (χ0v) is 18.1. The van der Waals surface area contributed by atoms with Gasteiger partial charge < -0.3 is 4.98 Å². The quantitative estimate of drug-likeness (QED) is 0.459. The van der Waals surface area contributed by atoms with Crippen LogP contribution in [0.2, 0.25) is 0 Å². The smallest absolute Gasteiger partial charge is 0.258 e. The molecule has 1 aliphatic rings. The number of rotatable bonds is 6. The third-order valence-corrected chi connectivity index (χ3v) is 6.20. The number of H-pyrrole nitrogens is 1. The van der Waals surface area contributed by atoms with Gasteiger partial charge >= 0.3 is 0 Å². The molecule has 0 saturated heterocycles. The Balaban J connectivity index is 1.27. The van der Waals surface area contributed by atoms with Gasteiger partial charge in [0.25, 0.3) is 5.56 Å². The molecule has 160 valence electrons. The van der Waals surface area contributed by atoms with E-state index in [1.165, 1.54) is 11.1 Å². The van der Waals surface area contributed by atoms with E-state index in [2.05, 4.69) is 58.4 Å². The average molecular weight is 422 g/mol. The highest BCUT2D eigenvalue weighted by Gasteiger charge is 2.14. The topological polar surface area (TPSA) is 49.0 Å². The first kappa shape index (κ1) is 20.4. The van der Waals surface area contributed by atoms with E-state index in [0.29, 0.717) is 5.39 Å². The molecule has 2 heterocycles. The predicted molar refractivity (Wildman–Crippen MR) is 132 cm³/mol. The highest BCUT2D eigenvalue weighted by atomic mass is 16.1. The molecule has 0 aliphatic carbocycles. The summed E-state index contributed by atoms with van der Waals surface area (Å²) in [5.74, 6) is 0.767. The number of hydrogen-bond acceptors (Lipinski definition) is 3. The van der Waals surface area contributed by atoms with Crippen molar-refractivity contribution in [2.24, 2.45) is 0 Å². The molecule has 0 radical (unpaired) electrons. The normalized spacial score (nSPS) is 14.4. The van der Waals surface area contributed by atoms with Crippen LogP contribution in [0.3, 0.4) is 0 Å². The van der Waals surface area contributed by atoms with Gasteiger partial charge in [0.15, 0.2) is 0 Å². The van der Waals surface area contributed by atoms with E-state index >= 15 is 0 Å². The van der Waals surface area contributed by atoms with E-state index in [4.69, 9.17) is 4.98 Å². The molecule has 0 unspecified atom stereocenters. The Morgan fingerprint density at radius 2 is 1.62 bits per heavy atom. The fourth-order valence-corrected chi connectivity index (χ4v) is 4.48. The lowest BCUT2D eigenvalue weighted by Gasteiger charge is -2.26. The largest absolute Gasteiger partial charge is 0.310 e. The van der Waals surface area contributed by atoms with Gasteiger partial charge in [0, 0.05) is 25.1 Å². The summed E-state index contributed by atoms with van der Waals surface area (Å²) in [6.45, 7) is 3.05. The molecule has 4 aromatic rings. The molecular formula is C28H27N3O. The van der Waals surface area contributed by atoms with Crippen LogP contribution in [0.4, 0.5) is 0 Å². The molecule has 0 amide bonds. The van der Waals surface area contributed by atoms with Crippen molar-refractivity contribution in [3.8, 4) is 11.1 Å². The number of para-hydroxylation sites is 1. The predicted octanol–water partition coefficient (Wildman–Crippen LogP) is 5.31. The zero-order chi connectivity index (χ0) is 21.8. The number of aromatic nitrogens is 2. The molecule has 0 saturated carbocycles. The third kappa shape index (κ3) is 4.41. The highest BCUT2D eigenvalue weighted by Crippen LogP contribution is 2.26. The first-order chi connectivity index (χ1) is 15.8. The van der Waals surface area contributed by atoms with Crippen LogP contribution in [0.1, 0.15) is 24.2 Å². The van der Waals surface area contributed by atoms with Gasteiger partial charge in [-0.25, -0.2) is 4.98 Å². The average Bonchev–Trinajstić information content (AvgIpc) is 2.85. The summed E-state index contributed by atoms with van der Waals surface area (Å²) in [6.07, 6.45) is 5.16. The van der Waals surface area contributed by atoms with E-state index in [-0.39, 0.29) is 5.56 Å². The lowest BCUT2D eigenvalue weighted by molar-refractivity contribution is 0.297. The minimum atomic E-state index is -0.0591. The van der Waals surface area contributed by atoms with Crippen LogP contribution in [0.25, 0.3) is 27.6 Å². The van der Waals surface area contributed by atoms with Gasteiger partial charge in [-0.3, -0.25) is 9.69 Å². The SMILES string of the molecule is O=c1[nH]c(CCCN2CC=C(c3ccccc3)CC2)nc2c(-c3ccccc3)cccc12. The standard InChI is InChI=1S/C28H27N3O/c32-28-25-14-7-13-24(23-11-5-2-6-12-23)27(25)29-26(30-28)15-8-18-31-19-16-22(17-20-31)21-9-3-1-4-10-21/h1-7,9-14,16H,8,15,17-20H2,(H,29,30,32). The van der Waals surface area contributed by atoms with E-state index < -0.39 is 0 Å². The van der Waals surface area contributed by atoms with Gasteiger partial charge in [-0.1, -0.05) is 78.9 Å². The van der Waals surface area contributed by atoms with E-state index in [9.17, 15) is 4.79 Å². The minimum absolute atomic E-state index is 0.0591. The van der Waals surface area contributed by atoms with Crippen LogP contribution in [-0.2, 0) is 6.42 Å². The molecule has 0 bridgehead atoms. The van der Waals surface area contributed by atoms with E-state index in [1.54, 1.807) is 0 Å². The maximum Gasteiger partial charge on any atom is 0.258 e. The summed E-state index contributed by atoms with van der Waals surface area (Å²) in [4.78, 5) is 23.0. The first-order valence-corrected chi connectivity index (χ1v) is 11.3. The molecule has 4 heteroatoms. The zero-order valence-electron chi connectivity index (χ0n) is 18.1. The second kappa shape index (κ2) is 9.33. The number of nitrogens with zero attached hydrogens (tertiary/aromatic N) is 2. The van der Waals surface area contributed by atoms with Crippen molar-refractivity contribution in [2.75, 3.05) is 19.6 Å². The van der Waals surface area contributed by atoms with Crippen molar-refractivity contribution < 1.29 is 0 Å². The molecule has 32 heavy (non-hydrogen) atoms. The van der Waals surface area contributed by atoms with Crippen molar-refractivity contribution in [3.05, 3.63) is 107 Å². The van der Waals surface area contributed by atoms with Gasteiger partial charge in [-0.05, 0) is 42.2 Å². The summed E-state index contributed by atoms with van der Waals surface area (Å²) < 4.78 is 0. The van der Waals surface area contributed by atoms with E-state index in [0.717, 1.165) is 61.4 Å². The van der Waals surface area contributed by atoms with Crippen molar-refractivity contribution in [1.82, 2.24) is 14.9 Å². The number of nitrogens with one attached hydrogen (secondary N) is 1. The second-order valence-corrected chi connectivity index (χ2v) is 8.33. The van der Waals surface area contributed by atoms with Gasteiger partial charge in [-0.15, -0.1) is 0 Å². The number of aryl methyl sites for hydroxylation is 1. The molecule has 1 aliphatic heterocycles. The summed E-state index contributed by atoms with van der Waals surface area (Å²) >= 11 is 0. The third-order valence-electron chi connectivity index (χ3n) is 6.20. The Hall–Kier alpha value is -3.50. The van der Waals surface area contributed by atoms with Gasteiger partial charge in [0.05, 0.1) is 10.9 Å². The van der Waals surface area contributed by atoms with Gasteiger partial charge in [-0.2, -0.15) is 0 Å². The molecule has 0 atom stereocenters. The van der Waals surface area contributed by atoms with Crippen LogP contribution in [-0.4, -0.2) is 34.5 Å². The lowest BCUT2D eigenvalue weighted by atomic mass is 9.99. The van der Waals surface area contributed by atoms with Crippen LogP contribution < -0.4 is 5.56 Å². The fraction of sp³-hybridized carbons (Fsp3) is 0.214. The molecule has 3 aromatic carbocycles. The van der Waals surface area contributed by atoms with Crippen molar-refractivity contribution >= 4 is 16.5 Å².